The molecule has 0 fully saturated rings. The first-order valence-corrected chi connectivity index (χ1v) is 11.3. The Morgan fingerprint density at radius 3 is 2.45 bits per heavy atom. The lowest BCUT2D eigenvalue weighted by molar-refractivity contribution is 0.0690. The SMILES string of the molecule is CCCCCc1ccc(S(=O)(=O)NCCc2c(C(=O)O)[nH]c3ccccc23)cc1. The molecule has 0 radical (unpaired) electrons. The molecule has 3 rings (SSSR count). The molecule has 0 unspecified atom stereocenters. The van der Waals surface area contributed by atoms with Crippen molar-refractivity contribution in [3.05, 3.63) is 65.4 Å². The maximum atomic E-state index is 12.6. The molecule has 0 aliphatic carbocycles. The number of aromatic amines is 1. The van der Waals surface area contributed by atoms with Crippen molar-refractivity contribution in [2.24, 2.45) is 0 Å². The molecule has 7 heteroatoms. The molecular weight excluding hydrogens is 388 g/mol. The summed E-state index contributed by atoms with van der Waals surface area (Å²) >= 11 is 0. The van der Waals surface area contributed by atoms with E-state index in [9.17, 15) is 18.3 Å². The number of fused-ring (bicyclic) bond motifs is 1. The summed E-state index contributed by atoms with van der Waals surface area (Å²) in [5.74, 6) is -1.06. The van der Waals surface area contributed by atoms with E-state index in [-0.39, 0.29) is 23.6 Å². The summed E-state index contributed by atoms with van der Waals surface area (Å²) in [7, 11) is -3.65. The van der Waals surface area contributed by atoms with Gasteiger partial charge in [-0.25, -0.2) is 17.9 Å². The van der Waals surface area contributed by atoms with E-state index >= 15 is 0 Å². The zero-order chi connectivity index (χ0) is 20.9. The summed E-state index contributed by atoms with van der Waals surface area (Å²) in [6.45, 7) is 2.26. The van der Waals surface area contributed by atoms with E-state index in [1.165, 1.54) is 0 Å². The van der Waals surface area contributed by atoms with Crippen LogP contribution in [0.2, 0.25) is 0 Å². The summed E-state index contributed by atoms with van der Waals surface area (Å²) in [4.78, 5) is 14.6. The number of H-pyrrole nitrogens is 1. The molecule has 0 spiro atoms. The van der Waals surface area contributed by atoms with Gasteiger partial charge in [0.05, 0.1) is 4.90 Å². The van der Waals surface area contributed by atoms with Crippen LogP contribution in [-0.2, 0) is 22.9 Å². The number of carbonyl (C=O) groups is 1. The molecule has 0 amide bonds. The van der Waals surface area contributed by atoms with Gasteiger partial charge >= 0.3 is 5.97 Å². The lowest BCUT2D eigenvalue weighted by atomic mass is 10.1. The van der Waals surface area contributed by atoms with E-state index in [0.717, 1.165) is 42.1 Å². The number of unbranched alkanes of at least 4 members (excludes halogenated alkanes) is 2. The number of benzene rings is 2. The molecular formula is C22H26N2O4S. The van der Waals surface area contributed by atoms with Crippen molar-refractivity contribution in [1.29, 1.82) is 0 Å². The van der Waals surface area contributed by atoms with Crippen molar-refractivity contribution in [3.8, 4) is 0 Å². The van der Waals surface area contributed by atoms with Crippen molar-refractivity contribution in [1.82, 2.24) is 9.71 Å². The smallest absolute Gasteiger partial charge is 0.352 e. The van der Waals surface area contributed by atoms with Crippen LogP contribution in [0.5, 0.6) is 0 Å². The van der Waals surface area contributed by atoms with Crippen LogP contribution in [0.25, 0.3) is 10.9 Å². The molecule has 154 valence electrons. The number of carboxylic acids is 1. The second-order valence-corrected chi connectivity index (χ2v) is 8.85. The second kappa shape index (κ2) is 9.24. The number of aromatic nitrogens is 1. The summed E-state index contributed by atoms with van der Waals surface area (Å²) in [5, 5.41) is 10.2. The Balaban J connectivity index is 1.68. The number of aryl methyl sites for hydroxylation is 1. The topological polar surface area (TPSA) is 99.3 Å². The van der Waals surface area contributed by atoms with Crippen LogP contribution in [-0.4, -0.2) is 31.0 Å². The Kier molecular flexibility index (Phi) is 6.71. The van der Waals surface area contributed by atoms with Gasteiger partial charge in [-0.05, 0) is 48.6 Å². The quantitative estimate of drug-likeness (QED) is 0.435. The van der Waals surface area contributed by atoms with Gasteiger partial charge in [0.2, 0.25) is 10.0 Å². The Morgan fingerprint density at radius 2 is 1.76 bits per heavy atom. The second-order valence-electron chi connectivity index (χ2n) is 7.08. The first-order chi connectivity index (χ1) is 13.9. The fourth-order valence-electron chi connectivity index (χ4n) is 3.45. The number of aromatic carboxylic acids is 1. The Hall–Kier alpha value is -2.64. The monoisotopic (exact) mass is 414 g/mol. The van der Waals surface area contributed by atoms with E-state index in [1.54, 1.807) is 18.2 Å². The standard InChI is InChI=1S/C22H26N2O4S/c1-2-3-4-7-16-10-12-17(13-11-16)29(27,28)23-15-14-19-18-8-5-6-9-20(18)24-21(19)22(25)26/h5-6,8-13,23-24H,2-4,7,14-15H2,1H3,(H,25,26). The first-order valence-electron chi connectivity index (χ1n) is 9.84. The van der Waals surface area contributed by atoms with Crippen molar-refractivity contribution in [2.45, 2.75) is 43.9 Å². The maximum absolute atomic E-state index is 12.6. The van der Waals surface area contributed by atoms with E-state index in [4.69, 9.17) is 0 Å². The van der Waals surface area contributed by atoms with Gasteiger partial charge in [-0.3, -0.25) is 0 Å². The fraction of sp³-hybridized carbons (Fsp3) is 0.318. The molecule has 6 nitrogen and oxygen atoms in total. The summed E-state index contributed by atoms with van der Waals surface area (Å²) < 4.78 is 27.7. The van der Waals surface area contributed by atoms with Crippen LogP contribution in [0.1, 0.15) is 47.8 Å². The fourth-order valence-corrected chi connectivity index (χ4v) is 4.48. The molecule has 1 aromatic heterocycles. The highest BCUT2D eigenvalue weighted by molar-refractivity contribution is 7.89. The molecule has 29 heavy (non-hydrogen) atoms. The first kappa shape index (κ1) is 21.1. The Labute approximate surface area is 171 Å². The van der Waals surface area contributed by atoms with Gasteiger partial charge in [-0.2, -0.15) is 0 Å². The number of carboxylic acid groups (broad SMARTS) is 1. The Morgan fingerprint density at radius 1 is 1.03 bits per heavy atom. The molecule has 1 heterocycles. The lowest BCUT2D eigenvalue weighted by Crippen LogP contribution is -2.26. The summed E-state index contributed by atoms with van der Waals surface area (Å²) in [6, 6.07) is 14.2. The van der Waals surface area contributed by atoms with Crippen LogP contribution in [0.15, 0.2) is 53.4 Å². The molecule has 0 saturated carbocycles. The Bertz CT molecular complexity index is 1090. The number of para-hydroxylation sites is 1. The van der Waals surface area contributed by atoms with E-state index in [1.807, 2.05) is 30.3 Å². The average Bonchev–Trinajstić information content (AvgIpc) is 3.08. The van der Waals surface area contributed by atoms with Gasteiger partial charge in [0, 0.05) is 17.4 Å². The predicted molar refractivity (Wildman–Crippen MR) is 114 cm³/mol. The maximum Gasteiger partial charge on any atom is 0.352 e. The molecule has 0 aliphatic rings. The normalized spacial score (nSPS) is 11.8. The highest BCUT2D eigenvalue weighted by Crippen LogP contribution is 2.23. The van der Waals surface area contributed by atoms with Crippen LogP contribution >= 0.6 is 0 Å². The van der Waals surface area contributed by atoms with Gasteiger partial charge in [0.25, 0.3) is 0 Å². The van der Waals surface area contributed by atoms with Crippen molar-refractivity contribution < 1.29 is 18.3 Å². The molecule has 3 aromatic rings. The third-order valence-corrected chi connectivity index (χ3v) is 6.47. The van der Waals surface area contributed by atoms with Gasteiger partial charge in [0.1, 0.15) is 5.69 Å². The minimum Gasteiger partial charge on any atom is -0.477 e. The highest BCUT2D eigenvalue weighted by Gasteiger charge is 2.18. The highest BCUT2D eigenvalue weighted by atomic mass is 32.2. The van der Waals surface area contributed by atoms with Gasteiger partial charge in [-0.1, -0.05) is 50.1 Å². The van der Waals surface area contributed by atoms with Gasteiger partial charge in [0.15, 0.2) is 0 Å². The van der Waals surface area contributed by atoms with Gasteiger partial charge < -0.3 is 10.1 Å². The molecule has 0 saturated heterocycles. The molecule has 2 aromatic carbocycles. The summed E-state index contributed by atoms with van der Waals surface area (Å²) in [6.07, 6.45) is 4.63. The number of sulfonamides is 1. The lowest BCUT2D eigenvalue weighted by Gasteiger charge is -2.08. The predicted octanol–water partition coefficient (Wildman–Crippen LogP) is 4.12. The van der Waals surface area contributed by atoms with E-state index < -0.39 is 16.0 Å². The third kappa shape index (κ3) is 5.05. The van der Waals surface area contributed by atoms with Crippen molar-refractivity contribution >= 4 is 26.9 Å². The van der Waals surface area contributed by atoms with Crippen molar-refractivity contribution in [3.63, 3.8) is 0 Å². The minimum absolute atomic E-state index is 0.0989. The number of nitrogens with one attached hydrogen (secondary N) is 2. The largest absolute Gasteiger partial charge is 0.477 e. The van der Waals surface area contributed by atoms with E-state index in [0.29, 0.717) is 5.56 Å². The molecule has 3 N–H and O–H groups in total. The van der Waals surface area contributed by atoms with Crippen LogP contribution < -0.4 is 4.72 Å². The zero-order valence-corrected chi connectivity index (χ0v) is 17.3. The molecule has 0 atom stereocenters. The van der Waals surface area contributed by atoms with Crippen LogP contribution in [0.4, 0.5) is 0 Å². The van der Waals surface area contributed by atoms with Gasteiger partial charge in [-0.15, -0.1) is 0 Å². The number of hydrogen-bond acceptors (Lipinski definition) is 3. The molecule has 0 bridgehead atoms. The average molecular weight is 415 g/mol. The third-order valence-electron chi connectivity index (χ3n) is 5.00. The van der Waals surface area contributed by atoms with Crippen LogP contribution in [0, 0.1) is 0 Å². The zero-order valence-electron chi connectivity index (χ0n) is 16.4. The minimum atomic E-state index is -3.65. The molecule has 0 aliphatic heterocycles. The van der Waals surface area contributed by atoms with E-state index in [2.05, 4.69) is 16.6 Å². The summed E-state index contributed by atoms with van der Waals surface area (Å²) in [5.41, 5.74) is 2.55. The number of hydrogen-bond donors (Lipinski definition) is 3. The van der Waals surface area contributed by atoms with Crippen molar-refractivity contribution in [2.75, 3.05) is 6.54 Å². The number of rotatable bonds is 10. The van der Waals surface area contributed by atoms with Crippen LogP contribution in [0.3, 0.4) is 0 Å².